The molecule has 1 amide bonds. The van der Waals surface area contributed by atoms with Crippen molar-refractivity contribution < 1.29 is 21.8 Å². The van der Waals surface area contributed by atoms with Crippen LogP contribution in [-0.2, 0) is 6.54 Å². The van der Waals surface area contributed by atoms with Gasteiger partial charge in [0.25, 0.3) is 5.91 Å². The average Bonchev–Trinajstić information content (AvgIpc) is 2.05. The Morgan fingerprint density at radius 2 is 2.38 bits per heavy atom. The van der Waals surface area contributed by atoms with Crippen molar-refractivity contribution in [1.82, 2.24) is 0 Å². The molecule has 3 nitrogen and oxygen atoms in total. The van der Waals surface area contributed by atoms with Gasteiger partial charge in [-0.3, -0.25) is 4.79 Å². The third kappa shape index (κ3) is 3.14. The predicted octanol–water partition coefficient (Wildman–Crippen LogP) is -3.29. The lowest BCUT2D eigenvalue weighted by atomic mass is 10.3. The fraction of sp³-hybridized carbons (Fsp3) is 0.111. The van der Waals surface area contributed by atoms with Gasteiger partial charge in [-0.05, 0) is 12.0 Å². The molecule has 0 aromatic carbocycles. The summed E-state index contributed by atoms with van der Waals surface area (Å²) in [6.45, 7) is 0.446. The van der Waals surface area contributed by atoms with Crippen molar-refractivity contribution in [2.75, 3.05) is 0 Å². The molecule has 0 spiro atoms. The Hall–Kier alpha value is -1.53. The van der Waals surface area contributed by atoms with Crippen LogP contribution in [0.1, 0.15) is 10.4 Å². The lowest BCUT2D eigenvalue weighted by molar-refractivity contribution is -0.684. The van der Waals surface area contributed by atoms with Gasteiger partial charge in [-0.25, -0.2) is 0 Å². The normalized spacial score (nSPS) is 8.23. The van der Waals surface area contributed by atoms with Crippen molar-refractivity contribution in [2.45, 2.75) is 6.54 Å². The van der Waals surface area contributed by atoms with E-state index in [0.717, 1.165) is 0 Å². The minimum Gasteiger partial charge on any atom is -1.00 e. The fourth-order valence-corrected chi connectivity index (χ4v) is 0.871. The van der Waals surface area contributed by atoms with Crippen molar-refractivity contribution in [3.8, 4) is 12.3 Å². The van der Waals surface area contributed by atoms with E-state index in [4.69, 9.17) is 12.2 Å². The van der Waals surface area contributed by atoms with Crippen LogP contribution in [0.25, 0.3) is 0 Å². The second-order valence-electron chi connectivity index (χ2n) is 2.33. The summed E-state index contributed by atoms with van der Waals surface area (Å²) in [6, 6.07) is 3.38. The molecule has 0 fully saturated rings. The van der Waals surface area contributed by atoms with E-state index in [-0.39, 0.29) is 12.4 Å². The molecular weight excluding hydrogens is 188 g/mol. The number of nitrogens with zero attached hydrogens (tertiary/aromatic N) is 1. The largest absolute Gasteiger partial charge is 1.00 e. The molecule has 0 radical (unpaired) electrons. The molecule has 0 saturated heterocycles. The van der Waals surface area contributed by atoms with Crippen molar-refractivity contribution in [3.05, 3.63) is 30.1 Å². The van der Waals surface area contributed by atoms with E-state index in [9.17, 15) is 4.79 Å². The van der Waals surface area contributed by atoms with E-state index in [0.29, 0.717) is 12.1 Å². The maximum absolute atomic E-state index is 10.7. The lowest BCUT2D eigenvalue weighted by Gasteiger charge is -1.92. The van der Waals surface area contributed by atoms with Crippen LogP contribution >= 0.6 is 0 Å². The van der Waals surface area contributed by atoms with Crippen molar-refractivity contribution in [2.24, 2.45) is 5.73 Å². The maximum Gasteiger partial charge on any atom is 0.254 e. The molecule has 0 unspecified atom stereocenters. The zero-order chi connectivity index (χ0) is 8.97. The molecule has 0 aliphatic rings. The molecule has 0 bridgehead atoms. The number of amides is 1. The van der Waals surface area contributed by atoms with Gasteiger partial charge in [0.15, 0.2) is 12.4 Å². The number of rotatable bonds is 2. The monoisotopic (exact) mass is 196 g/mol. The van der Waals surface area contributed by atoms with Gasteiger partial charge in [0, 0.05) is 6.07 Å². The number of nitrogens with two attached hydrogens (primary N) is 1. The lowest BCUT2D eigenvalue weighted by Crippen LogP contribution is -3.00. The quantitative estimate of drug-likeness (QED) is 0.391. The van der Waals surface area contributed by atoms with Gasteiger partial charge >= 0.3 is 0 Å². The number of aromatic nitrogens is 1. The Kier molecular flexibility index (Phi) is 4.57. The molecule has 68 valence electrons. The van der Waals surface area contributed by atoms with Crippen LogP contribution in [0.3, 0.4) is 0 Å². The molecule has 13 heavy (non-hydrogen) atoms. The van der Waals surface area contributed by atoms with E-state index >= 15 is 0 Å². The molecule has 1 heterocycles. The molecular formula is C9H9ClN2O. The first-order valence-corrected chi connectivity index (χ1v) is 3.46. The number of carbonyl (C=O) groups excluding carboxylic acids is 1. The van der Waals surface area contributed by atoms with Gasteiger partial charge < -0.3 is 18.1 Å². The zero-order valence-corrected chi connectivity index (χ0v) is 7.66. The molecule has 4 heteroatoms. The van der Waals surface area contributed by atoms with Gasteiger partial charge in [0.1, 0.15) is 5.56 Å². The molecule has 0 saturated carbocycles. The first-order chi connectivity index (χ1) is 5.74. The highest BCUT2D eigenvalue weighted by Crippen LogP contribution is 1.91. The number of terminal acetylenes is 1. The van der Waals surface area contributed by atoms with Gasteiger partial charge in [-0.15, -0.1) is 6.42 Å². The number of primary amides is 1. The first kappa shape index (κ1) is 11.5. The first-order valence-electron chi connectivity index (χ1n) is 3.46. The minimum absolute atomic E-state index is 0. The van der Waals surface area contributed by atoms with Gasteiger partial charge in [0.05, 0.1) is 0 Å². The van der Waals surface area contributed by atoms with Gasteiger partial charge in [-0.1, -0.05) is 0 Å². The fourth-order valence-electron chi connectivity index (χ4n) is 0.871. The summed E-state index contributed by atoms with van der Waals surface area (Å²) < 4.78 is 1.72. The number of hydrogen-bond acceptors (Lipinski definition) is 1. The summed E-state index contributed by atoms with van der Waals surface area (Å²) in [5.74, 6) is 2.02. The molecule has 1 aromatic heterocycles. The number of halogens is 1. The summed E-state index contributed by atoms with van der Waals surface area (Å²) in [7, 11) is 0. The average molecular weight is 197 g/mol. The zero-order valence-electron chi connectivity index (χ0n) is 6.90. The third-order valence-electron chi connectivity index (χ3n) is 1.42. The van der Waals surface area contributed by atoms with Crippen LogP contribution in [0.4, 0.5) is 0 Å². The second-order valence-corrected chi connectivity index (χ2v) is 2.33. The van der Waals surface area contributed by atoms with Crippen LogP contribution in [0.15, 0.2) is 24.5 Å². The van der Waals surface area contributed by atoms with Crippen LogP contribution in [0.2, 0.25) is 0 Å². The van der Waals surface area contributed by atoms with Crippen molar-refractivity contribution >= 4 is 5.91 Å². The molecule has 1 aromatic rings. The summed E-state index contributed by atoms with van der Waals surface area (Å²) >= 11 is 0. The Bertz CT molecular complexity index is 344. The van der Waals surface area contributed by atoms with E-state index in [1.807, 2.05) is 0 Å². The maximum atomic E-state index is 10.7. The topological polar surface area (TPSA) is 47.0 Å². The molecule has 2 N–H and O–H groups in total. The molecule has 1 rings (SSSR count). The predicted molar refractivity (Wildman–Crippen MR) is 44.0 cm³/mol. The van der Waals surface area contributed by atoms with Crippen LogP contribution in [-0.4, -0.2) is 5.91 Å². The highest BCUT2D eigenvalue weighted by atomic mass is 35.5. The summed E-state index contributed by atoms with van der Waals surface area (Å²) in [4.78, 5) is 10.7. The van der Waals surface area contributed by atoms with Gasteiger partial charge in [-0.2, -0.15) is 4.57 Å². The Morgan fingerprint density at radius 1 is 1.69 bits per heavy atom. The van der Waals surface area contributed by atoms with Crippen LogP contribution in [0, 0.1) is 12.3 Å². The van der Waals surface area contributed by atoms with E-state index in [2.05, 4.69) is 5.92 Å². The van der Waals surface area contributed by atoms with Crippen molar-refractivity contribution in [1.29, 1.82) is 0 Å². The highest BCUT2D eigenvalue weighted by Gasteiger charge is 2.04. The number of carbonyl (C=O) groups is 1. The van der Waals surface area contributed by atoms with E-state index in [1.54, 1.807) is 29.1 Å². The SMILES string of the molecule is C#CC[n+]1cccc(C(N)=O)c1.[Cl-]. The standard InChI is InChI=1S/C9H8N2O.ClH/c1-2-5-11-6-3-4-8(7-11)9(10)12;/h1,3-4,6-7H,5H2,(H-,10,12);1H. The smallest absolute Gasteiger partial charge is 0.254 e. The Morgan fingerprint density at radius 3 is 2.92 bits per heavy atom. The van der Waals surface area contributed by atoms with Crippen molar-refractivity contribution in [3.63, 3.8) is 0 Å². The summed E-state index contributed by atoms with van der Waals surface area (Å²) in [5.41, 5.74) is 5.54. The molecule has 0 aliphatic carbocycles. The molecule has 0 atom stereocenters. The van der Waals surface area contributed by atoms with Gasteiger partial charge in [0.2, 0.25) is 6.54 Å². The van der Waals surface area contributed by atoms with Crippen LogP contribution < -0.4 is 22.7 Å². The minimum atomic E-state index is -0.443. The van der Waals surface area contributed by atoms with E-state index in [1.165, 1.54) is 0 Å². The highest BCUT2D eigenvalue weighted by molar-refractivity contribution is 5.92. The summed E-state index contributed by atoms with van der Waals surface area (Å²) in [6.07, 6.45) is 8.51. The Balaban J connectivity index is 0.00000144. The Labute approximate surface area is 83.0 Å². The number of pyridine rings is 1. The summed E-state index contributed by atoms with van der Waals surface area (Å²) in [5, 5.41) is 0. The van der Waals surface area contributed by atoms with Crippen LogP contribution in [0.5, 0.6) is 0 Å². The molecule has 0 aliphatic heterocycles. The number of hydrogen-bond donors (Lipinski definition) is 1. The third-order valence-corrected chi connectivity index (χ3v) is 1.42. The van der Waals surface area contributed by atoms with E-state index < -0.39 is 5.91 Å². The second kappa shape index (κ2) is 5.18.